The first-order chi connectivity index (χ1) is 12.5. The molecule has 0 atom stereocenters. The van der Waals surface area contributed by atoms with E-state index in [1.807, 2.05) is 14.1 Å². The maximum Gasteiger partial charge on any atom is 0.251 e. The Morgan fingerprint density at radius 1 is 1.26 bits per heavy atom. The zero-order valence-electron chi connectivity index (χ0n) is 16.9. The Hall–Kier alpha value is -1.48. The summed E-state index contributed by atoms with van der Waals surface area (Å²) in [7, 11) is 0.343. The number of amides is 1. The number of hydrogen-bond acceptors (Lipinski definition) is 5. The van der Waals surface area contributed by atoms with Gasteiger partial charge in [0.05, 0.1) is 18.1 Å². The number of carbonyl (C=O) groups excluding carboxylic acids is 1. The molecule has 1 aliphatic rings. The number of sulfonamides is 1. The average Bonchev–Trinajstić information content (AvgIpc) is 2.59. The molecule has 1 saturated heterocycles. The third-order valence-corrected chi connectivity index (χ3v) is 6.55. The standard InChI is InChI=1S/C19H31N3O4S/c1-15-6-7-16(18(23)20-13-19(2,3)14-21(4)5)12-17(15)27(24,25)22-8-10-26-11-9-22/h6-7,12H,8-11,13-14H2,1-5H3,(H,20,23). The first-order valence-electron chi connectivity index (χ1n) is 9.14. The summed E-state index contributed by atoms with van der Waals surface area (Å²) in [6.07, 6.45) is 0. The lowest BCUT2D eigenvalue weighted by Crippen LogP contribution is -2.41. The van der Waals surface area contributed by atoms with Crippen LogP contribution in [0.4, 0.5) is 0 Å². The van der Waals surface area contributed by atoms with Gasteiger partial charge in [-0.15, -0.1) is 0 Å². The van der Waals surface area contributed by atoms with Crippen molar-refractivity contribution in [1.82, 2.24) is 14.5 Å². The van der Waals surface area contributed by atoms with Crippen molar-refractivity contribution in [2.24, 2.45) is 5.41 Å². The van der Waals surface area contributed by atoms with Crippen LogP contribution in [0.3, 0.4) is 0 Å². The van der Waals surface area contributed by atoms with Gasteiger partial charge in [-0.3, -0.25) is 4.79 Å². The van der Waals surface area contributed by atoms with Crippen LogP contribution in [0.5, 0.6) is 0 Å². The average molecular weight is 398 g/mol. The number of nitrogens with zero attached hydrogens (tertiary/aromatic N) is 2. The Balaban J connectivity index is 2.17. The van der Waals surface area contributed by atoms with Crippen molar-refractivity contribution in [2.75, 3.05) is 53.5 Å². The van der Waals surface area contributed by atoms with E-state index in [4.69, 9.17) is 4.74 Å². The molecule has 0 aliphatic carbocycles. The van der Waals surface area contributed by atoms with E-state index in [2.05, 4.69) is 24.1 Å². The second kappa shape index (κ2) is 8.68. The molecular weight excluding hydrogens is 366 g/mol. The highest BCUT2D eigenvalue weighted by molar-refractivity contribution is 7.89. The summed E-state index contributed by atoms with van der Waals surface area (Å²) >= 11 is 0. The molecule has 1 N–H and O–H groups in total. The summed E-state index contributed by atoms with van der Waals surface area (Å²) in [5.74, 6) is -0.264. The SMILES string of the molecule is Cc1ccc(C(=O)NCC(C)(C)CN(C)C)cc1S(=O)(=O)N1CCOCC1. The Kier molecular flexibility index (Phi) is 7.02. The van der Waals surface area contributed by atoms with Crippen LogP contribution in [0.2, 0.25) is 0 Å². The van der Waals surface area contributed by atoms with Gasteiger partial charge < -0.3 is 15.0 Å². The van der Waals surface area contributed by atoms with E-state index in [9.17, 15) is 13.2 Å². The van der Waals surface area contributed by atoms with E-state index in [-0.39, 0.29) is 16.2 Å². The summed E-state index contributed by atoms with van der Waals surface area (Å²) in [6, 6.07) is 4.84. The van der Waals surface area contributed by atoms with Gasteiger partial charge in [0, 0.05) is 31.7 Å². The van der Waals surface area contributed by atoms with Gasteiger partial charge in [-0.2, -0.15) is 4.31 Å². The summed E-state index contributed by atoms with van der Waals surface area (Å²) in [5.41, 5.74) is 0.895. The number of nitrogens with one attached hydrogen (secondary N) is 1. The maximum atomic E-state index is 13.0. The van der Waals surface area contributed by atoms with Gasteiger partial charge in [-0.05, 0) is 44.1 Å². The van der Waals surface area contributed by atoms with Gasteiger partial charge in [0.15, 0.2) is 0 Å². The van der Waals surface area contributed by atoms with Gasteiger partial charge in [-0.25, -0.2) is 8.42 Å². The van der Waals surface area contributed by atoms with Gasteiger partial charge >= 0.3 is 0 Å². The molecule has 0 radical (unpaired) electrons. The Morgan fingerprint density at radius 3 is 2.48 bits per heavy atom. The molecule has 1 aromatic carbocycles. The largest absolute Gasteiger partial charge is 0.379 e. The van der Waals surface area contributed by atoms with Crippen LogP contribution < -0.4 is 5.32 Å². The van der Waals surface area contributed by atoms with Crippen molar-refractivity contribution < 1.29 is 17.9 Å². The molecule has 1 aliphatic heterocycles. The molecule has 8 heteroatoms. The third kappa shape index (κ3) is 5.75. The molecule has 27 heavy (non-hydrogen) atoms. The normalized spacial score (nSPS) is 16.5. The first-order valence-corrected chi connectivity index (χ1v) is 10.6. The number of carbonyl (C=O) groups is 1. The van der Waals surface area contributed by atoms with Crippen LogP contribution in [0.1, 0.15) is 29.8 Å². The lowest BCUT2D eigenvalue weighted by Gasteiger charge is -2.28. The third-order valence-electron chi connectivity index (χ3n) is 4.51. The van der Waals surface area contributed by atoms with E-state index >= 15 is 0 Å². The van der Waals surface area contributed by atoms with E-state index < -0.39 is 10.0 Å². The van der Waals surface area contributed by atoms with Crippen molar-refractivity contribution in [3.05, 3.63) is 29.3 Å². The van der Waals surface area contributed by atoms with E-state index in [1.165, 1.54) is 10.4 Å². The predicted molar refractivity (Wildman–Crippen MR) is 105 cm³/mol. The highest BCUT2D eigenvalue weighted by Gasteiger charge is 2.28. The molecule has 1 heterocycles. The number of hydrogen-bond donors (Lipinski definition) is 1. The molecule has 0 bridgehead atoms. The van der Waals surface area contributed by atoms with Crippen molar-refractivity contribution >= 4 is 15.9 Å². The van der Waals surface area contributed by atoms with Crippen LogP contribution in [0, 0.1) is 12.3 Å². The van der Waals surface area contributed by atoms with Gasteiger partial charge in [0.1, 0.15) is 0 Å². The molecule has 152 valence electrons. The molecule has 0 saturated carbocycles. The lowest BCUT2D eigenvalue weighted by atomic mass is 9.93. The minimum atomic E-state index is -3.64. The molecule has 7 nitrogen and oxygen atoms in total. The topological polar surface area (TPSA) is 79.0 Å². The zero-order chi connectivity index (χ0) is 20.2. The molecule has 0 spiro atoms. The zero-order valence-corrected chi connectivity index (χ0v) is 17.7. The van der Waals surface area contributed by atoms with Crippen LogP contribution in [0.15, 0.2) is 23.1 Å². The molecule has 1 fully saturated rings. The number of rotatable bonds is 7. The summed E-state index contributed by atoms with van der Waals surface area (Å²) in [6.45, 7) is 8.68. The molecule has 1 amide bonds. The summed E-state index contributed by atoms with van der Waals surface area (Å²) in [5, 5.41) is 2.93. The Bertz CT molecular complexity index is 769. The molecular formula is C19H31N3O4S. The second-order valence-electron chi connectivity index (χ2n) is 8.08. The Labute approximate surface area is 162 Å². The quantitative estimate of drug-likeness (QED) is 0.751. The number of aryl methyl sites for hydroxylation is 1. The smallest absolute Gasteiger partial charge is 0.251 e. The lowest BCUT2D eigenvalue weighted by molar-refractivity contribution is 0.0730. The van der Waals surface area contributed by atoms with Crippen molar-refractivity contribution in [1.29, 1.82) is 0 Å². The molecule has 1 aromatic rings. The van der Waals surface area contributed by atoms with Crippen LogP contribution >= 0.6 is 0 Å². The molecule has 2 rings (SSSR count). The predicted octanol–water partition coefficient (Wildman–Crippen LogP) is 1.33. The van der Waals surface area contributed by atoms with Crippen LogP contribution in [0.25, 0.3) is 0 Å². The first kappa shape index (κ1) is 21.8. The molecule has 0 unspecified atom stereocenters. The van der Waals surface area contributed by atoms with Crippen LogP contribution in [-0.2, 0) is 14.8 Å². The number of benzene rings is 1. The van der Waals surface area contributed by atoms with Crippen molar-refractivity contribution in [3.63, 3.8) is 0 Å². The maximum absolute atomic E-state index is 13.0. The monoisotopic (exact) mass is 397 g/mol. The van der Waals surface area contributed by atoms with Gasteiger partial charge in [0.25, 0.3) is 5.91 Å². The highest BCUT2D eigenvalue weighted by Crippen LogP contribution is 2.22. The molecule has 0 aromatic heterocycles. The minimum absolute atomic E-state index is 0.0907. The van der Waals surface area contributed by atoms with E-state index in [1.54, 1.807) is 19.1 Å². The van der Waals surface area contributed by atoms with Crippen molar-refractivity contribution in [3.8, 4) is 0 Å². The highest BCUT2D eigenvalue weighted by atomic mass is 32.2. The van der Waals surface area contributed by atoms with Crippen molar-refractivity contribution in [2.45, 2.75) is 25.7 Å². The summed E-state index contributed by atoms with van der Waals surface area (Å²) < 4.78 is 32.6. The minimum Gasteiger partial charge on any atom is -0.379 e. The number of ether oxygens (including phenoxy) is 1. The number of morpholine rings is 1. The fourth-order valence-electron chi connectivity index (χ4n) is 3.28. The van der Waals surface area contributed by atoms with Gasteiger partial charge in [-0.1, -0.05) is 19.9 Å². The summed E-state index contributed by atoms with van der Waals surface area (Å²) in [4.78, 5) is 14.9. The van der Waals surface area contributed by atoms with E-state index in [0.29, 0.717) is 44.0 Å². The van der Waals surface area contributed by atoms with E-state index in [0.717, 1.165) is 6.54 Å². The fourth-order valence-corrected chi connectivity index (χ4v) is 4.94. The van der Waals surface area contributed by atoms with Crippen LogP contribution in [-0.4, -0.2) is 77.0 Å². The fraction of sp³-hybridized carbons (Fsp3) is 0.632. The van der Waals surface area contributed by atoms with Gasteiger partial charge in [0.2, 0.25) is 10.0 Å². The second-order valence-corrected chi connectivity index (χ2v) is 9.99. The Morgan fingerprint density at radius 2 is 1.89 bits per heavy atom.